The maximum Gasteiger partial charge on any atom is 0.267 e. The van der Waals surface area contributed by atoms with Gasteiger partial charge in [0.2, 0.25) is 0 Å². The van der Waals surface area contributed by atoms with Crippen molar-refractivity contribution < 1.29 is 14.2 Å². The summed E-state index contributed by atoms with van der Waals surface area (Å²) in [6.45, 7) is 0.195. The molecule has 4 aromatic rings. The summed E-state index contributed by atoms with van der Waals surface area (Å²) in [5.74, 6) is -0.514. The van der Waals surface area contributed by atoms with Gasteiger partial charge >= 0.3 is 0 Å². The second kappa shape index (κ2) is 7.20. The molecule has 0 atom stereocenters. The summed E-state index contributed by atoms with van der Waals surface area (Å²) in [4.78, 5) is 21.9. The van der Waals surface area contributed by atoms with Crippen LogP contribution in [0, 0.1) is 0 Å². The van der Waals surface area contributed by atoms with E-state index in [4.69, 9.17) is 0 Å². The van der Waals surface area contributed by atoms with Crippen LogP contribution in [0.2, 0.25) is 0 Å². The number of rotatable bonds is 3. The zero-order valence-corrected chi connectivity index (χ0v) is 16.8. The average molecular weight is 435 g/mol. The Morgan fingerprint density at radius 3 is 2.58 bits per heavy atom. The largest absolute Gasteiger partial charge is 0.506 e. The molecule has 4 N–H and O–H groups in total. The van der Waals surface area contributed by atoms with Crippen molar-refractivity contribution in [2.24, 2.45) is 4.40 Å². The fraction of sp³-hybridized carbons (Fsp3) is 0.0476. The Morgan fingerprint density at radius 1 is 1.03 bits per heavy atom. The molecule has 5 rings (SSSR count). The van der Waals surface area contributed by atoms with Gasteiger partial charge in [-0.1, -0.05) is 53.2 Å². The number of hydrogen-bond donors (Lipinski definition) is 4. The lowest BCUT2D eigenvalue weighted by Crippen LogP contribution is -2.32. The Balaban J connectivity index is 1.75. The Bertz CT molecular complexity index is 1400. The Hall–Kier alpha value is -3.73. The van der Waals surface area contributed by atoms with Gasteiger partial charge in [-0.25, -0.2) is 9.97 Å². The van der Waals surface area contributed by atoms with Crippen molar-refractivity contribution in [3.63, 3.8) is 0 Å². The number of benzene rings is 2. The predicted octanol–water partition coefficient (Wildman–Crippen LogP) is 3.44. The minimum absolute atomic E-state index is 0.131. The van der Waals surface area contributed by atoms with Crippen LogP contribution in [0.1, 0.15) is 11.1 Å². The summed E-state index contributed by atoms with van der Waals surface area (Å²) in [7, 11) is -3.56. The van der Waals surface area contributed by atoms with Crippen molar-refractivity contribution in [3.8, 4) is 5.75 Å². The van der Waals surface area contributed by atoms with E-state index in [0.717, 1.165) is 5.56 Å². The number of anilines is 1. The molecule has 0 aliphatic carbocycles. The minimum atomic E-state index is -3.56. The molecule has 10 heteroatoms. The first-order chi connectivity index (χ1) is 15.0. The molecule has 0 amide bonds. The summed E-state index contributed by atoms with van der Waals surface area (Å²) in [5, 5.41) is 14.1. The minimum Gasteiger partial charge on any atom is -0.506 e. The zero-order valence-electron chi connectivity index (χ0n) is 16.0. The SMILES string of the molecule is O=c1c(C2=NS(O)(O)c3ccccc3N2)c(O)c2cncnc2n1Cc1ccccc1. The number of para-hydroxylation sites is 1. The van der Waals surface area contributed by atoms with Crippen molar-refractivity contribution in [1.29, 1.82) is 0 Å². The lowest BCUT2D eigenvalue weighted by Gasteiger charge is -2.34. The molecule has 1 aliphatic rings. The first kappa shape index (κ1) is 19.2. The number of nitrogens with zero attached hydrogens (tertiary/aromatic N) is 4. The van der Waals surface area contributed by atoms with Gasteiger partial charge in [-0.15, -0.1) is 4.40 Å². The number of fused-ring (bicyclic) bond motifs is 2. The third-order valence-corrected chi connectivity index (χ3v) is 6.36. The fourth-order valence-corrected chi connectivity index (χ4v) is 4.71. The molecule has 0 saturated heterocycles. The molecule has 0 bridgehead atoms. The quantitative estimate of drug-likeness (QED) is 0.387. The van der Waals surface area contributed by atoms with Crippen molar-refractivity contribution in [1.82, 2.24) is 14.5 Å². The molecule has 2 aromatic heterocycles. The third-order valence-electron chi connectivity index (χ3n) is 4.97. The maximum atomic E-state index is 13.5. The van der Waals surface area contributed by atoms with Crippen LogP contribution in [0.25, 0.3) is 11.0 Å². The van der Waals surface area contributed by atoms with E-state index in [1.54, 1.807) is 24.3 Å². The van der Waals surface area contributed by atoms with Crippen LogP contribution in [-0.4, -0.2) is 34.6 Å². The molecule has 2 aromatic carbocycles. The predicted molar refractivity (Wildman–Crippen MR) is 119 cm³/mol. The van der Waals surface area contributed by atoms with Crippen molar-refractivity contribution in [3.05, 3.63) is 88.6 Å². The van der Waals surface area contributed by atoms with Crippen LogP contribution in [0.3, 0.4) is 0 Å². The van der Waals surface area contributed by atoms with E-state index in [9.17, 15) is 19.0 Å². The summed E-state index contributed by atoms with van der Waals surface area (Å²) in [6, 6.07) is 15.9. The van der Waals surface area contributed by atoms with E-state index in [-0.39, 0.29) is 39.6 Å². The van der Waals surface area contributed by atoms with Gasteiger partial charge in [0.1, 0.15) is 28.2 Å². The molecule has 156 valence electrons. The summed E-state index contributed by atoms with van der Waals surface area (Å²) in [5.41, 5.74) is 0.745. The Labute approximate surface area is 177 Å². The van der Waals surface area contributed by atoms with Crippen LogP contribution < -0.4 is 10.9 Å². The first-order valence-electron chi connectivity index (χ1n) is 9.30. The normalized spacial score (nSPS) is 15.6. The van der Waals surface area contributed by atoms with Crippen LogP contribution in [0.15, 0.2) is 81.2 Å². The number of hydrogen-bond acceptors (Lipinski definition) is 8. The smallest absolute Gasteiger partial charge is 0.267 e. The highest BCUT2D eigenvalue weighted by atomic mass is 32.3. The number of nitrogens with one attached hydrogen (secondary N) is 1. The van der Waals surface area contributed by atoms with Gasteiger partial charge in [-0.2, -0.15) is 0 Å². The molecule has 3 heterocycles. The third kappa shape index (κ3) is 3.22. The lowest BCUT2D eigenvalue weighted by atomic mass is 10.1. The van der Waals surface area contributed by atoms with E-state index < -0.39 is 16.3 Å². The highest BCUT2D eigenvalue weighted by molar-refractivity contribution is 8.23. The Kier molecular flexibility index (Phi) is 4.47. The standard InChI is InChI=1S/C21H17N5O4S/c27-18-14-10-22-12-23-20(14)26(11-13-6-2-1-3-7-13)21(28)17(18)19-24-15-8-4-5-9-16(15)31(29,30)25-19/h1-10,12,27,29-30H,11H2,(H,24,25). The van der Waals surface area contributed by atoms with Gasteiger partial charge in [-0.3, -0.25) is 18.5 Å². The molecular weight excluding hydrogens is 418 g/mol. The molecule has 31 heavy (non-hydrogen) atoms. The summed E-state index contributed by atoms with van der Waals surface area (Å²) < 4.78 is 26.5. The van der Waals surface area contributed by atoms with E-state index in [1.807, 2.05) is 30.3 Å². The molecule has 1 aliphatic heterocycles. The van der Waals surface area contributed by atoms with Crippen LogP contribution in [0.4, 0.5) is 5.69 Å². The molecule has 0 radical (unpaired) electrons. The molecule has 9 nitrogen and oxygen atoms in total. The molecule has 0 fully saturated rings. The zero-order chi connectivity index (χ0) is 21.6. The van der Waals surface area contributed by atoms with E-state index >= 15 is 0 Å². The number of pyridine rings is 1. The highest BCUT2D eigenvalue weighted by Gasteiger charge is 2.30. The number of aromatic nitrogens is 3. The van der Waals surface area contributed by atoms with E-state index in [1.165, 1.54) is 17.1 Å². The second-order valence-electron chi connectivity index (χ2n) is 6.94. The molecule has 0 spiro atoms. The lowest BCUT2D eigenvalue weighted by molar-refractivity contribution is 0.477. The van der Waals surface area contributed by atoms with Crippen molar-refractivity contribution >= 4 is 33.3 Å². The second-order valence-corrected chi connectivity index (χ2v) is 8.60. The molecule has 0 unspecified atom stereocenters. The molecular formula is C21H17N5O4S. The number of amidine groups is 1. The van der Waals surface area contributed by atoms with Gasteiger partial charge in [0.05, 0.1) is 17.6 Å². The maximum absolute atomic E-state index is 13.5. The van der Waals surface area contributed by atoms with Crippen LogP contribution in [-0.2, 0) is 6.54 Å². The van der Waals surface area contributed by atoms with Gasteiger partial charge < -0.3 is 10.4 Å². The van der Waals surface area contributed by atoms with E-state index in [0.29, 0.717) is 5.69 Å². The highest BCUT2D eigenvalue weighted by Crippen LogP contribution is 2.55. The summed E-state index contributed by atoms with van der Waals surface area (Å²) >= 11 is 0. The monoisotopic (exact) mass is 435 g/mol. The average Bonchev–Trinajstić information content (AvgIpc) is 2.77. The van der Waals surface area contributed by atoms with Gasteiger partial charge in [0.25, 0.3) is 5.56 Å². The topological polar surface area (TPSA) is 133 Å². The van der Waals surface area contributed by atoms with Gasteiger partial charge in [-0.05, 0) is 17.7 Å². The van der Waals surface area contributed by atoms with Crippen molar-refractivity contribution in [2.75, 3.05) is 5.32 Å². The van der Waals surface area contributed by atoms with Gasteiger partial charge in [0.15, 0.2) is 5.84 Å². The van der Waals surface area contributed by atoms with Crippen LogP contribution in [0.5, 0.6) is 5.75 Å². The fourth-order valence-electron chi connectivity index (χ4n) is 3.54. The molecule has 0 saturated carbocycles. The van der Waals surface area contributed by atoms with Crippen LogP contribution >= 0.6 is 10.8 Å². The number of aromatic hydroxyl groups is 1. The van der Waals surface area contributed by atoms with Crippen molar-refractivity contribution in [2.45, 2.75) is 11.4 Å². The van der Waals surface area contributed by atoms with Gasteiger partial charge in [0, 0.05) is 6.20 Å². The van der Waals surface area contributed by atoms with E-state index in [2.05, 4.69) is 19.7 Å². The summed E-state index contributed by atoms with van der Waals surface area (Å²) in [6.07, 6.45) is 2.70. The first-order valence-corrected chi connectivity index (χ1v) is 10.8. The Morgan fingerprint density at radius 2 is 1.77 bits per heavy atom.